The predicted molar refractivity (Wildman–Crippen MR) is 51.7 cm³/mol. The van der Waals surface area contributed by atoms with E-state index in [0.717, 1.165) is 10.1 Å². The van der Waals surface area contributed by atoms with E-state index in [1.54, 1.807) is 23.6 Å². The Hall–Kier alpha value is -0.970. The van der Waals surface area contributed by atoms with Crippen LogP contribution >= 0.6 is 11.3 Å². The summed E-state index contributed by atoms with van der Waals surface area (Å²) >= 11 is 1.61. The van der Waals surface area contributed by atoms with E-state index >= 15 is 0 Å². The number of aliphatic hydroxyl groups is 2. The lowest BCUT2D eigenvalue weighted by atomic mass is 10.2. The van der Waals surface area contributed by atoms with Crippen LogP contribution in [0.2, 0.25) is 0 Å². The highest BCUT2D eigenvalue weighted by atomic mass is 32.1. The van der Waals surface area contributed by atoms with Crippen LogP contribution in [0.25, 0.3) is 10.1 Å². The molecule has 0 aliphatic heterocycles. The zero-order chi connectivity index (χ0) is 9.26. The van der Waals surface area contributed by atoms with Gasteiger partial charge in [0.25, 0.3) is 0 Å². The molecule has 0 aromatic carbocycles. The van der Waals surface area contributed by atoms with Crippen molar-refractivity contribution in [2.45, 2.75) is 6.10 Å². The number of pyridine rings is 1. The molecule has 0 amide bonds. The van der Waals surface area contributed by atoms with Gasteiger partial charge in [-0.1, -0.05) is 0 Å². The fraction of sp³-hybridized carbons (Fsp3) is 0.222. The van der Waals surface area contributed by atoms with Crippen LogP contribution in [0.5, 0.6) is 0 Å². The molecule has 0 aliphatic rings. The summed E-state index contributed by atoms with van der Waals surface area (Å²) in [4.78, 5) is 4.05. The third kappa shape index (κ3) is 1.56. The second kappa shape index (κ2) is 3.41. The smallest absolute Gasteiger partial charge is 0.119 e. The van der Waals surface area contributed by atoms with E-state index in [9.17, 15) is 5.11 Å². The molecule has 0 saturated heterocycles. The van der Waals surface area contributed by atoms with E-state index in [1.165, 1.54) is 0 Å². The van der Waals surface area contributed by atoms with Gasteiger partial charge in [-0.25, -0.2) is 0 Å². The maximum atomic E-state index is 9.32. The average molecular weight is 195 g/mol. The first-order valence-electron chi connectivity index (χ1n) is 3.93. The van der Waals surface area contributed by atoms with Gasteiger partial charge in [0, 0.05) is 6.20 Å². The van der Waals surface area contributed by atoms with Crippen molar-refractivity contribution < 1.29 is 10.2 Å². The quantitative estimate of drug-likeness (QED) is 0.760. The topological polar surface area (TPSA) is 53.4 Å². The average Bonchev–Trinajstić information content (AvgIpc) is 2.63. The van der Waals surface area contributed by atoms with Crippen LogP contribution in [-0.4, -0.2) is 21.8 Å². The Morgan fingerprint density at radius 2 is 2.38 bits per heavy atom. The molecular weight excluding hydrogens is 186 g/mol. The number of aliphatic hydroxyl groups excluding tert-OH is 2. The lowest BCUT2D eigenvalue weighted by Crippen LogP contribution is -2.04. The first-order chi connectivity index (χ1) is 6.31. The van der Waals surface area contributed by atoms with E-state index in [2.05, 4.69) is 4.98 Å². The van der Waals surface area contributed by atoms with E-state index < -0.39 is 6.10 Å². The Kier molecular flexibility index (Phi) is 2.26. The van der Waals surface area contributed by atoms with Gasteiger partial charge in [0.1, 0.15) is 6.10 Å². The van der Waals surface area contributed by atoms with Gasteiger partial charge in [0.2, 0.25) is 0 Å². The maximum absolute atomic E-state index is 9.32. The Morgan fingerprint density at radius 3 is 3.15 bits per heavy atom. The van der Waals surface area contributed by atoms with Gasteiger partial charge in [0.05, 0.1) is 17.0 Å². The number of nitrogens with zero attached hydrogens (tertiary/aromatic N) is 1. The number of hydrogen-bond acceptors (Lipinski definition) is 4. The summed E-state index contributed by atoms with van der Waals surface area (Å²) in [5.74, 6) is 0. The van der Waals surface area contributed by atoms with Gasteiger partial charge in [0.15, 0.2) is 0 Å². The number of thiophene rings is 1. The highest BCUT2D eigenvalue weighted by Gasteiger charge is 2.07. The molecule has 2 aromatic heterocycles. The molecule has 68 valence electrons. The molecule has 0 spiro atoms. The van der Waals surface area contributed by atoms with Crippen molar-refractivity contribution in [3.8, 4) is 0 Å². The Morgan fingerprint density at radius 1 is 1.54 bits per heavy atom. The van der Waals surface area contributed by atoms with Crippen LogP contribution in [0.15, 0.2) is 23.7 Å². The number of fused-ring (bicyclic) bond motifs is 1. The third-order valence-corrected chi connectivity index (χ3v) is 2.74. The molecule has 2 aromatic rings. The Balaban J connectivity index is 2.48. The van der Waals surface area contributed by atoms with Crippen molar-refractivity contribution in [1.82, 2.24) is 4.98 Å². The second-order valence-electron chi connectivity index (χ2n) is 2.77. The lowest BCUT2D eigenvalue weighted by molar-refractivity contribution is 0.0924. The molecule has 0 bridgehead atoms. The molecule has 4 heteroatoms. The molecule has 0 radical (unpaired) electrons. The number of rotatable bonds is 2. The molecular formula is C9H9NO2S. The van der Waals surface area contributed by atoms with Gasteiger partial charge in [-0.3, -0.25) is 4.98 Å². The molecule has 2 N–H and O–H groups in total. The summed E-state index contributed by atoms with van der Waals surface area (Å²) in [6.07, 6.45) is 0.845. The van der Waals surface area contributed by atoms with Crippen molar-refractivity contribution >= 4 is 21.4 Å². The minimum atomic E-state index is -0.871. The van der Waals surface area contributed by atoms with E-state index in [4.69, 9.17) is 5.11 Å². The predicted octanol–water partition coefficient (Wildman–Crippen LogP) is 1.32. The number of hydrogen-bond donors (Lipinski definition) is 2. The molecule has 2 heterocycles. The minimum Gasteiger partial charge on any atom is -0.393 e. The Bertz CT molecular complexity index is 413. The van der Waals surface area contributed by atoms with E-state index in [1.807, 2.05) is 11.4 Å². The summed E-state index contributed by atoms with van der Waals surface area (Å²) in [7, 11) is 0. The summed E-state index contributed by atoms with van der Waals surface area (Å²) in [6.45, 7) is -0.289. The fourth-order valence-corrected chi connectivity index (χ4v) is 1.90. The zero-order valence-electron chi connectivity index (χ0n) is 6.84. The van der Waals surface area contributed by atoms with Crippen molar-refractivity contribution in [3.63, 3.8) is 0 Å². The van der Waals surface area contributed by atoms with Crippen LogP contribution < -0.4 is 0 Å². The van der Waals surface area contributed by atoms with Gasteiger partial charge in [-0.05, 0) is 22.9 Å². The SMILES string of the molecule is OCC(O)c1cc2ccsc2cn1. The standard InChI is InChI=1S/C9H9NO2S/c11-5-8(12)7-3-6-1-2-13-9(6)4-10-7/h1-4,8,11-12H,5H2. The molecule has 0 aliphatic carbocycles. The normalized spacial score (nSPS) is 13.4. The largest absolute Gasteiger partial charge is 0.393 e. The summed E-state index contributed by atoms with van der Waals surface area (Å²) in [6, 6.07) is 3.77. The summed E-state index contributed by atoms with van der Waals surface area (Å²) in [5.41, 5.74) is 0.522. The molecule has 3 nitrogen and oxygen atoms in total. The minimum absolute atomic E-state index is 0.289. The number of aromatic nitrogens is 1. The maximum Gasteiger partial charge on any atom is 0.119 e. The fourth-order valence-electron chi connectivity index (χ4n) is 1.16. The molecule has 13 heavy (non-hydrogen) atoms. The van der Waals surface area contributed by atoms with Crippen molar-refractivity contribution in [3.05, 3.63) is 29.4 Å². The molecule has 0 fully saturated rings. The van der Waals surface area contributed by atoms with Crippen LogP contribution in [0.1, 0.15) is 11.8 Å². The van der Waals surface area contributed by atoms with Crippen LogP contribution in [0.3, 0.4) is 0 Å². The lowest BCUT2D eigenvalue weighted by Gasteiger charge is -2.05. The van der Waals surface area contributed by atoms with Crippen LogP contribution in [0.4, 0.5) is 0 Å². The molecule has 1 unspecified atom stereocenters. The molecule has 0 saturated carbocycles. The van der Waals surface area contributed by atoms with E-state index in [-0.39, 0.29) is 6.61 Å². The highest BCUT2D eigenvalue weighted by molar-refractivity contribution is 7.17. The Labute approximate surface area is 79.3 Å². The summed E-state index contributed by atoms with van der Waals surface area (Å²) < 4.78 is 1.09. The van der Waals surface area contributed by atoms with Crippen LogP contribution in [-0.2, 0) is 0 Å². The van der Waals surface area contributed by atoms with Crippen LogP contribution in [0, 0.1) is 0 Å². The van der Waals surface area contributed by atoms with Gasteiger partial charge < -0.3 is 10.2 Å². The first kappa shape index (κ1) is 8.62. The van der Waals surface area contributed by atoms with E-state index in [0.29, 0.717) is 5.69 Å². The van der Waals surface area contributed by atoms with Crippen molar-refractivity contribution in [1.29, 1.82) is 0 Å². The van der Waals surface area contributed by atoms with Crippen molar-refractivity contribution in [2.75, 3.05) is 6.61 Å². The first-order valence-corrected chi connectivity index (χ1v) is 4.81. The van der Waals surface area contributed by atoms with Crippen molar-refractivity contribution in [2.24, 2.45) is 0 Å². The molecule has 2 rings (SSSR count). The molecule has 1 atom stereocenters. The zero-order valence-corrected chi connectivity index (χ0v) is 7.66. The highest BCUT2D eigenvalue weighted by Crippen LogP contribution is 2.22. The second-order valence-corrected chi connectivity index (χ2v) is 3.71. The monoisotopic (exact) mass is 195 g/mol. The van der Waals surface area contributed by atoms with Gasteiger partial charge in [-0.15, -0.1) is 11.3 Å². The summed E-state index contributed by atoms with van der Waals surface area (Å²) in [5, 5.41) is 21.1. The van der Waals surface area contributed by atoms with Gasteiger partial charge in [-0.2, -0.15) is 0 Å². The third-order valence-electron chi connectivity index (χ3n) is 1.88. The van der Waals surface area contributed by atoms with Gasteiger partial charge >= 0.3 is 0 Å².